The lowest BCUT2D eigenvalue weighted by atomic mass is 9.97. The van der Waals surface area contributed by atoms with E-state index in [0.29, 0.717) is 5.75 Å². The summed E-state index contributed by atoms with van der Waals surface area (Å²) in [4.78, 5) is 8.04. The molecule has 0 bridgehead atoms. The zero-order valence-corrected chi connectivity index (χ0v) is 22.3. The first kappa shape index (κ1) is 26.0. The molecular weight excluding hydrogens is 532 g/mol. The summed E-state index contributed by atoms with van der Waals surface area (Å²) in [6, 6.07) is 23.8. The molecule has 9 nitrogen and oxygen atoms in total. The Morgan fingerprint density at radius 1 is 0.974 bits per heavy atom. The monoisotopic (exact) mass is 554 g/mol. The number of hydrogen-bond acceptors (Lipinski definition) is 9. The highest BCUT2D eigenvalue weighted by atomic mass is 32.2. The molecule has 2 heterocycles. The number of ether oxygens (including phenoxy) is 1. The van der Waals surface area contributed by atoms with Crippen molar-refractivity contribution in [3.63, 3.8) is 0 Å². The van der Waals surface area contributed by atoms with Gasteiger partial charge >= 0.3 is 0 Å². The Balaban J connectivity index is 1.55. The first-order chi connectivity index (χ1) is 18.9. The third-order valence-corrected chi connectivity index (χ3v) is 7.90. The standard InChI is InChI=1S/C28H22N6O3S2/c1-18-3-2-4-19(11-18)20-5-7-27(25(14-20)21-9-10-31-23(12-21)16-30)37-26-8-6-24(13-22(26)15-29)39(35,36)34-28-32-17-33-38-28/h2-14,17H,16,30H2,1H3,(H,32,33,34). The van der Waals surface area contributed by atoms with E-state index in [1.54, 1.807) is 6.20 Å². The first-order valence-corrected chi connectivity index (χ1v) is 14.0. The third-order valence-electron chi connectivity index (χ3n) is 5.85. The highest BCUT2D eigenvalue weighted by Gasteiger charge is 2.20. The number of nitrogens with one attached hydrogen (secondary N) is 1. The number of aryl methyl sites for hydroxylation is 1. The molecule has 39 heavy (non-hydrogen) atoms. The second-order valence-corrected chi connectivity index (χ2v) is 11.0. The van der Waals surface area contributed by atoms with E-state index in [0.717, 1.165) is 45.0 Å². The molecule has 0 aliphatic rings. The fourth-order valence-corrected chi connectivity index (χ4v) is 5.66. The van der Waals surface area contributed by atoms with Gasteiger partial charge in [-0.2, -0.15) is 9.64 Å². The molecular formula is C28H22N6O3S2. The fraction of sp³-hybridized carbons (Fsp3) is 0.0714. The van der Waals surface area contributed by atoms with Crippen molar-refractivity contribution in [2.75, 3.05) is 4.72 Å². The molecule has 0 radical (unpaired) electrons. The van der Waals surface area contributed by atoms with Crippen LogP contribution in [0.4, 0.5) is 5.13 Å². The van der Waals surface area contributed by atoms with Gasteiger partial charge in [0.2, 0.25) is 5.13 Å². The topological polar surface area (TPSA) is 144 Å². The molecule has 5 rings (SSSR count). The van der Waals surface area contributed by atoms with Gasteiger partial charge in [-0.1, -0.05) is 35.9 Å². The molecule has 5 aromatic rings. The molecule has 0 amide bonds. The van der Waals surface area contributed by atoms with Crippen molar-refractivity contribution in [1.82, 2.24) is 14.3 Å². The Bertz CT molecular complexity index is 1800. The third kappa shape index (κ3) is 5.78. The maximum atomic E-state index is 12.8. The zero-order valence-electron chi connectivity index (χ0n) is 20.7. The van der Waals surface area contributed by atoms with Gasteiger partial charge in [-0.25, -0.2) is 13.4 Å². The van der Waals surface area contributed by atoms with Gasteiger partial charge in [-0.15, -0.1) is 0 Å². The summed E-state index contributed by atoms with van der Waals surface area (Å²) < 4.78 is 38.0. The van der Waals surface area contributed by atoms with Crippen LogP contribution in [0.25, 0.3) is 22.3 Å². The molecule has 3 N–H and O–H groups in total. The fourth-order valence-electron chi connectivity index (χ4n) is 3.97. The molecule has 194 valence electrons. The van der Waals surface area contributed by atoms with Crippen molar-refractivity contribution in [1.29, 1.82) is 5.26 Å². The minimum absolute atomic E-state index is 0.0567. The van der Waals surface area contributed by atoms with Crippen LogP contribution in [0.15, 0.2) is 90.2 Å². The van der Waals surface area contributed by atoms with Gasteiger partial charge in [0.15, 0.2) is 0 Å². The molecule has 2 aromatic heterocycles. The van der Waals surface area contributed by atoms with Crippen LogP contribution in [-0.2, 0) is 16.6 Å². The predicted molar refractivity (Wildman–Crippen MR) is 150 cm³/mol. The average Bonchev–Trinajstić information content (AvgIpc) is 3.45. The van der Waals surface area contributed by atoms with Gasteiger partial charge in [0.1, 0.15) is 23.9 Å². The van der Waals surface area contributed by atoms with Crippen molar-refractivity contribution in [3.05, 3.63) is 102 Å². The van der Waals surface area contributed by atoms with E-state index >= 15 is 0 Å². The highest BCUT2D eigenvalue weighted by molar-refractivity contribution is 7.93. The van der Waals surface area contributed by atoms with Crippen LogP contribution in [0.3, 0.4) is 0 Å². The number of nitriles is 1. The minimum atomic E-state index is -3.97. The average molecular weight is 555 g/mol. The lowest BCUT2D eigenvalue weighted by molar-refractivity contribution is 0.482. The Labute approximate surface area is 229 Å². The number of sulfonamides is 1. The van der Waals surface area contributed by atoms with Crippen LogP contribution in [0.2, 0.25) is 0 Å². The number of aromatic nitrogens is 3. The molecule has 3 aromatic carbocycles. The second kappa shape index (κ2) is 11.0. The van der Waals surface area contributed by atoms with Crippen LogP contribution in [-0.4, -0.2) is 22.8 Å². The van der Waals surface area contributed by atoms with Gasteiger partial charge in [0.05, 0.1) is 16.2 Å². The molecule has 0 aliphatic heterocycles. The Morgan fingerprint density at radius 3 is 2.54 bits per heavy atom. The highest BCUT2D eigenvalue weighted by Crippen LogP contribution is 2.38. The van der Waals surface area contributed by atoms with Crippen LogP contribution >= 0.6 is 11.5 Å². The Kier molecular flexibility index (Phi) is 7.33. The van der Waals surface area contributed by atoms with Crippen molar-refractivity contribution in [2.24, 2.45) is 5.73 Å². The zero-order chi connectivity index (χ0) is 27.4. The number of nitrogens with two attached hydrogens (primary N) is 1. The van der Waals surface area contributed by atoms with Gasteiger partial charge in [0.25, 0.3) is 10.0 Å². The van der Waals surface area contributed by atoms with E-state index in [1.807, 2.05) is 61.5 Å². The summed E-state index contributed by atoms with van der Waals surface area (Å²) in [5, 5.41) is 9.96. The summed E-state index contributed by atoms with van der Waals surface area (Å²) in [5.74, 6) is 0.699. The normalized spacial score (nSPS) is 11.1. The number of pyridine rings is 1. The van der Waals surface area contributed by atoms with Crippen molar-refractivity contribution in [3.8, 4) is 39.8 Å². The van der Waals surface area contributed by atoms with Crippen LogP contribution < -0.4 is 15.2 Å². The van der Waals surface area contributed by atoms with Crippen molar-refractivity contribution < 1.29 is 13.2 Å². The van der Waals surface area contributed by atoms with Crippen LogP contribution in [0.1, 0.15) is 16.8 Å². The number of benzene rings is 3. The van der Waals surface area contributed by atoms with E-state index in [4.69, 9.17) is 10.5 Å². The molecule has 11 heteroatoms. The van der Waals surface area contributed by atoms with E-state index < -0.39 is 10.0 Å². The lowest BCUT2D eigenvalue weighted by Crippen LogP contribution is -2.13. The largest absolute Gasteiger partial charge is 0.455 e. The van der Waals surface area contributed by atoms with Crippen molar-refractivity contribution >= 4 is 26.7 Å². The van der Waals surface area contributed by atoms with Gasteiger partial charge < -0.3 is 10.5 Å². The van der Waals surface area contributed by atoms with E-state index in [2.05, 4.69) is 25.1 Å². The molecule has 0 spiro atoms. The quantitative estimate of drug-likeness (QED) is 0.256. The number of nitrogens with zero attached hydrogens (tertiary/aromatic N) is 4. The van der Waals surface area contributed by atoms with E-state index in [1.165, 1.54) is 24.5 Å². The van der Waals surface area contributed by atoms with Gasteiger partial charge in [-0.05, 0) is 66.1 Å². The molecule has 0 saturated heterocycles. The van der Waals surface area contributed by atoms with Crippen LogP contribution in [0, 0.1) is 18.3 Å². The van der Waals surface area contributed by atoms with E-state index in [-0.39, 0.29) is 27.9 Å². The molecule has 0 unspecified atom stereocenters. The summed E-state index contributed by atoms with van der Waals surface area (Å²) in [6.07, 6.45) is 2.94. The summed E-state index contributed by atoms with van der Waals surface area (Å²) in [5.41, 5.74) is 11.4. The lowest BCUT2D eigenvalue weighted by Gasteiger charge is -2.16. The van der Waals surface area contributed by atoms with Crippen LogP contribution in [0.5, 0.6) is 11.5 Å². The maximum absolute atomic E-state index is 12.8. The Morgan fingerprint density at radius 2 is 1.79 bits per heavy atom. The molecule has 0 aliphatic carbocycles. The number of anilines is 1. The SMILES string of the molecule is Cc1cccc(-c2ccc(Oc3ccc(S(=O)(=O)Nc4ncns4)cc3C#N)c(-c3ccnc(CN)c3)c2)c1. The predicted octanol–water partition coefficient (Wildman–Crippen LogP) is 5.50. The molecule has 0 saturated carbocycles. The summed E-state index contributed by atoms with van der Waals surface area (Å²) in [6.45, 7) is 2.32. The van der Waals surface area contributed by atoms with Crippen molar-refractivity contribution in [2.45, 2.75) is 18.4 Å². The molecule has 0 atom stereocenters. The first-order valence-electron chi connectivity index (χ1n) is 11.7. The van der Waals surface area contributed by atoms with Gasteiger partial charge in [0, 0.05) is 29.8 Å². The Hall–Kier alpha value is -4.63. The van der Waals surface area contributed by atoms with E-state index in [9.17, 15) is 13.7 Å². The molecule has 0 fully saturated rings. The number of rotatable bonds is 8. The second-order valence-electron chi connectivity index (χ2n) is 8.54. The minimum Gasteiger partial charge on any atom is -0.455 e. The van der Waals surface area contributed by atoms with Gasteiger partial charge in [-0.3, -0.25) is 9.71 Å². The summed E-state index contributed by atoms with van der Waals surface area (Å²) >= 11 is 0.908. The summed E-state index contributed by atoms with van der Waals surface area (Å²) in [7, 11) is -3.97. The number of hydrogen-bond donors (Lipinski definition) is 2. The maximum Gasteiger partial charge on any atom is 0.263 e. The smallest absolute Gasteiger partial charge is 0.263 e.